The van der Waals surface area contributed by atoms with Crippen LogP contribution in [0.4, 0.5) is 0 Å². The average molecular weight is 590 g/mol. The minimum atomic E-state index is -0.393. The van der Waals surface area contributed by atoms with Gasteiger partial charge in [-0.15, -0.1) is 5.10 Å². The number of piperazine rings is 1. The Kier molecular flexibility index (Phi) is 8.08. The number of benzene rings is 3. The van der Waals surface area contributed by atoms with Crippen LogP contribution in [-0.2, 0) is 11.3 Å². The lowest BCUT2D eigenvalue weighted by molar-refractivity contribution is 0.0778. The van der Waals surface area contributed by atoms with Crippen LogP contribution < -0.4 is 5.56 Å². The minimum Gasteiger partial charge on any atom is -0.376 e. The molecule has 9 heteroatoms. The monoisotopic (exact) mass is 589 g/mol. The lowest BCUT2D eigenvalue weighted by Crippen LogP contribution is -2.50. The van der Waals surface area contributed by atoms with Gasteiger partial charge < -0.3 is 9.72 Å². The highest BCUT2D eigenvalue weighted by Crippen LogP contribution is 2.33. The normalized spacial score (nSPS) is 18.8. The first-order valence-corrected chi connectivity index (χ1v) is 15.6. The summed E-state index contributed by atoms with van der Waals surface area (Å²) in [5, 5.41) is 14.1. The molecule has 5 aromatic rings. The van der Waals surface area contributed by atoms with Gasteiger partial charge in [-0.2, -0.15) is 0 Å². The summed E-state index contributed by atoms with van der Waals surface area (Å²) in [5.74, 6) is 0.685. The van der Waals surface area contributed by atoms with E-state index in [-0.39, 0.29) is 17.7 Å². The van der Waals surface area contributed by atoms with Crippen LogP contribution in [0, 0.1) is 13.8 Å². The van der Waals surface area contributed by atoms with Crippen molar-refractivity contribution in [2.45, 2.75) is 51.4 Å². The van der Waals surface area contributed by atoms with Crippen LogP contribution in [0.15, 0.2) is 83.7 Å². The van der Waals surface area contributed by atoms with Gasteiger partial charge in [-0.1, -0.05) is 60.7 Å². The summed E-state index contributed by atoms with van der Waals surface area (Å²) >= 11 is 0. The third-order valence-corrected chi connectivity index (χ3v) is 9.30. The Morgan fingerprint density at radius 3 is 2.14 bits per heavy atom. The van der Waals surface area contributed by atoms with E-state index in [1.807, 2.05) is 10.7 Å². The molecule has 0 saturated carbocycles. The van der Waals surface area contributed by atoms with Crippen molar-refractivity contribution in [3.8, 4) is 0 Å². The van der Waals surface area contributed by atoms with E-state index in [9.17, 15) is 4.79 Å². The maximum Gasteiger partial charge on any atom is 0.253 e. The van der Waals surface area contributed by atoms with Gasteiger partial charge in [-0.3, -0.25) is 14.6 Å². The number of hydrogen-bond donors (Lipinski definition) is 1. The zero-order valence-corrected chi connectivity index (χ0v) is 25.4. The summed E-state index contributed by atoms with van der Waals surface area (Å²) < 4.78 is 7.79. The van der Waals surface area contributed by atoms with Crippen molar-refractivity contribution in [3.05, 3.63) is 123 Å². The minimum absolute atomic E-state index is 0.0766. The van der Waals surface area contributed by atoms with Crippen LogP contribution >= 0.6 is 0 Å². The van der Waals surface area contributed by atoms with Crippen molar-refractivity contribution >= 4 is 10.9 Å². The molecule has 2 fully saturated rings. The molecule has 2 atom stereocenters. The summed E-state index contributed by atoms with van der Waals surface area (Å²) in [4.78, 5) is 21.9. The van der Waals surface area contributed by atoms with Crippen LogP contribution in [0.2, 0.25) is 0 Å². The molecular formula is C35H39N7O2. The number of aromatic amines is 1. The Morgan fingerprint density at radius 1 is 0.864 bits per heavy atom. The summed E-state index contributed by atoms with van der Waals surface area (Å²) in [7, 11) is 0. The Morgan fingerprint density at radius 2 is 1.50 bits per heavy atom. The maximum absolute atomic E-state index is 13.8. The molecule has 0 amide bonds. The molecule has 3 aromatic carbocycles. The first kappa shape index (κ1) is 28.6. The van der Waals surface area contributed by atoms with Crippen LogP contribution in [-0.4, -0.2) is 73.9 Å². The molecule has 7 rings (SSSR count). The third-order valence-electron chi connectivity index (χ3n) is 9.30. The number of hydrogen-bond acceptors (Lipinski definition) is 7. The van der Waals surface area contributed by atoms with Gasteiger partial charge in [0.15, 0.2) is 5.82 Å². The lowest BCUT2D eigenvalue weighted by atomic mass is 9.96. The van der Waals surface area contributed by atoms with Gasteiger partial charge in [0, 0.05) is 43.9 Å². The topological polar surface area (TPSA) is 92.2 Å². The summed E-state index contributed by atoms with van der Waals surface area (Å²) in [6, 6.07) is 27.4. The van der Waals surface area contributed by atoms with Gasteiger partial charge >= 0.3 is 0 Å². The molecule has 9 nitrogen and oxygen atoms in total. The number of aryl methyl sites for hydroxylation is 2. The standard InChI is InChI=1S/C35H39N7O2/c1-24-20-28-22-30(35(43)36-31(28)21-25(24)2)33(34-37-38-39-42(34)23-29-14-9-19-44-29)41-17-15-40(16-18-41)32(26-10-5-3-6-11-26)27-12-7-4-8-13-27/h3-8,10-13,20-22,29,32-33H,9,14-19,23H2,1-2H3,(H,36,43). The Balaban J connectivity index is 1.24. The van der Waals surface area contributed by atoms with Gasteiger partial charge in [-0.05, 0) is 83.0 Å². The van der Waals surface area contributed by atoms with E-state index >= 15 is 0 Å². The second-order valence-electron chi connectivity index (χ2n) is 12.1. The molecule has 2 unspecified atom stereocenters. The van der Waals surface area contributed by atoms with Crippen molar-refractivity contribution in [1.29, 1.82) is 0 Å². The summed E-state index contributed by atoms with van der Waals surface area (Å²) in [6.07, 6.45) is 2.10. The molecule has 1 N–H and O–H groups in total. The Bertz CT molecular complexity index is 1730. The zero-order chi connectivity index (χ0) is 30.0. The molecule has 0 bridgehead atoms. The van der Waals surface area contributed by atoms with E-state index in [1.54, 1.807) is 0 Å². The summed E-state index contributed by atoms with van der Waals surface area (Å²) in [6.45, 7) is 8.71. The van der Waals surface area contributed by atoms with Crippen molar-refractivity contribution in [3.63, 3.8) is 0 Å². The fourth-order valence-electron chi connectivity index (χ4n) is 6.85. The van der Waals surface area contributed by atoms with E-state index in [0.717, 1.165) is 62.1 Å². The van der Waals surface area contributed by atoms with Crippen LogP contribution in [0.1, 0.15) is 58.6 Å². The number of fused-ring (bicyclic) bond motifs is 1. The third kappa shape index (κ3) is 5.70. The highest BCUT2D eigenvalue weighted by molar-refractivity contribution is 5.81. The van der Waals surface area contributed by atoms with Gasteiger partial charge in [0.1, 0.15) is 6.04 Å². The van der Waals surface area contributed by atoms with Gasteiger partial charge in [0.05, 0.1) is 18.7 Å². The number of H-pyrrole nitrogens is 1. The zero-order valence-electron chi connectivity index (χ0n) is 25.4. The number of nitrogens with one attached hydrogen (secondary N) is 1. The average Bonchev–Trinajstić information content (AvgIpc) is 3.73. The first-order valence-electron chi connectivity index (χ1n) is 15.6. The van der Waals surface area contributed by atoms with Gasteiger partial charge in [0.2, 0.25) is 0 Å². The number of nitrogens with zero attached hydrogens (tertiary/aromatic N) is 6. The number of aromatic nitrogens is 5. The molecule has 4 heterocycles. The molecule has 0 spiro atoms. The van der Waals surface area contributed by atoms with E-state index in [1.165, 1.54) is 16.7 Å². The molecule has 2 aliphatic rings. The van der Waals surface area contributed by atoms with Gasteiger partial charge in [-0.25, -0.2) is 4.68 Å². The van der Waals surface area contributed by atoms with Crippen molar-refractivity contribution in [1.82, 2.24) is 35.0 Å². The predicted octanol–water partition coefficient (Wildman–Crippen LogP) is 4.81. The Hall–Kier alpha value is -4.18. The van der Waals surface area contributed by atoms with E-state index < -0.39 is 6.04 Å². The Labute approximate surface area is 257 Å². The SMILES string of the molecule is Cc1cc2cc(C(c3nnnn3CC3CCCO3)N3CCN(C(c4ccccc4)c4ccccc4)CC3)c(=O)[nH]c2cc1C. The lowest BCUT2D eigenvalue weighted by Gasteiger charge is -2.42. The molecule has 44 heavy (non-hydrogen) atoms. The number of ether oxygens (including phenoxy) is 1. The number of pyridine rings is 1. The van der Waals surface area contributed by atoms with E-state index in [2.05, 4.69) is 117 Å². The molecular weight excluding hydrogens is 550 g/mol. The van der Waals surface area contributed by atoms with Crippen LogP contribution in [0.5, 0.6) is 0 Å². The van der Waals surface area contributed by atoms with E-state index in [0.29, 0.717) is 17.9 Å². The number of rotatable bonds is 8. The highest BCUT2D eigenvalue weighted by atomic mass is 16.5. The maximum atomic E-state index is 13.8. The van der Waals surface area contributed by atoms with Crippen molar-refractivity contribution in [2.24, 2.45) is 0 Å². The summed E-state index contributed by atoms with van der Waals surface area (Å²) in [5.41, 5.74) is 6.31. The first-order chi connectivity index (χ1) is 21.5. The predicted molar refractivity (Wildman–Crippen MR) is 171 cm³/mol. The molecule has 2 saturated heterocycles. The second-order valence-corrected chi connectivity index (χ2v) is 12.1. The number of tetrazole rings is 1. The van der Waals surface area contributed by atoms with Crippen molar-refractivity contribution < 1.29 is 4.74 Å². The van der Waals surface area contributed by atoms with Crippen LogP contribution in [0.3, 0.4) is 0 Å². The molecule has 226 valence electrons. The molecule has 2 aromatic heterocycles. The van der Waals surface area contributed by atoms with Gasteiger partial charge in [0.25, 0.3) is 5.56 Å². The second kappa shape index (κ2) is 12.4. The molecule has 2 aliphatic heterocycles. The molecule has 0 radical (unpaired) electrons. The van der Waals surface area contributed by atoms with Crippen molar-refractivity contribution in [2.75, 3.05) is 32.8 Å². The largest absolute Gasteiger partial charge is 0.376 e. The fourth-order valence-corrected chi connectivity index (χ4v) is 6.85. The quantitative estimate of drug-likeness (QED) is 0.278. The fraction of sp³-hybridized carbons (Fsp3) is 0.371. The smallest absolute Gasteiger partial charge is 0.253 e. The van der Waals surface area contributed by atoms with E-state index in [4.69, 9.17) is 4.74 Å². The molecule has 0 aliphatic carbocycles. The highest BCUT2D eigenvalue weighted by Gasteiger charge is 2.35. The van der Waals surface area contributed by atoms with Crippen LogP contribution in [0.25, 0.3) is 10.9 Å².